The largest absolute Gasteiger partial charge is 0.419 e. The van der Waals surface area contributed by atoms with Crippen LogP contribution in [0.5, 0.6) is 0 Å². The highest BCUT2D eigenvalue weighted by molar-refractivity contribution is 5.92. The normalized spacial score (nSPS) is 11.2. The molecule has 3 rings (SSSR count). The fourth-order valence-corrected chi connectivity index (χ4v) is 2.70. The van der Waals surface area contributed by atoms with Crippen LogP contribution in [-0.4, -0.2) is 29.0 Å². The van der Waals surface area contributed by atoms with Gasteiger partial charge in [0.05, 0.1) is 5.52 Å². The monoisotopic (exact) mass is 339 g/mol. The van der Waals surface area contributed by atoms with Gasteiger partial charge in [0.1, 0.15) is 0 Å². The minimum absolute atomic E-state index is 0.0717. The van der Waals surface area contributed by atoms with Gasteiger partial charge < -0.3 is 14.6 Å². The maximum absolute atomic E-state index is 12.1. The predicted octanol–water partition coefficient (Wildman–Crippen LogP) is 2.59. The van der Waals surface area contributed by atoms with Crippen molar-refractivity contribution in [3.05, 3.63) is 64.6 Å². The molecule has 1 aromatic heterocycles. The lowest BCUT2D eigenvalue weighted by atomic mass is 10.2. The first-order valence-corrected chi connectivity index (χ1v) is 8.15. The molecule has 0 aliphatic heterocycles. The van der Waals surface area contributed by atoms with Crippen molar-refractivity contribution in [2.75, 3.05) is 18.9 Å². The van der Waals surface area contributed by atoms with Crippen LogP contribution in [0.2, 0.25) is 0 Å². The molecule has 1 N–H and O–H groups in total. The number of rotatable bonds is 6. The molecule has 0 saturated heterocycles. The van der Waals surface area contributed by atoms with Crippen LogP contribution in [0.15, 0.2) is 57.7 Å². The van der Waals surface area contributed by atoms with E-state index >= 15 is 0 Å². The van der Waals surface area contributed by atoms with Crippen molar-refractivity contribution in [2.45, 2.75) is 13.0 Å². The van der Waals surface area contributed by atoms with Crippen molar-refractivity contribution in [3.63, 3.8) is 0 Å². The summed E-state index contributed by atoms with van der Waals surface area (Å²) in [5.74, 6) is -0.487. The summed E-state index contributed by atoms with van der Waals surface area (Å²) in [6.45, 7) is 1.46. The summed E-state index contributed by atoms with van der Waals surface area (Å²) in [5, 5.41) is 2.85. The Bertz CT molecular complexity index is 928. The Labute approximate surface area is 145 Å². The molecular formula is C19H21N3O3. The van der Waals surface area contributed by atoms with Crippen molar-refractivity contribution in [1.29, 1.82) is 0 Å². The van der Waals surface area contributed by atoms with Gasteiger partial charge >= 0.3 is 5.76 Å². The zero-order chi connectivity index (χ0) is 17.8. The number of hydrogen-bond acceptors (Lipinski definition) is 4. The van der Waals surface area contributed by atoms with Gasteiger partial charge in [-0.15, -0.1) is 0 Å². The number of carbonyl (C=O) groups is 1. The summed E-state index contributed by atoms with van der Waals surface area (Å²) >= 11 is 0. The van der Waals surface area contributed by atoms with Crippen LogP contribution in [-0.2, 0) is 18.4 Å². The number of amides is 1. The molecule has 2 aromatic carbocycles. The van der Waals surface area contributed by atoms with Crippen molar-refractivity contribution in [2.24, 2.45) is 7.05 Å². The predicted molar refractivity (Wildman–Crippen MR) is 97.5 cm³/mol. The maximum Gasteiger partial charge on any atom is 0.419 e. The van der Waals surface area contributed by atoms with Crippen LogP contribution < -0.4 is 11.1 Å². The number of hydrogen-bond donors (Lipinski definition) is 1. The van der Waals surface area contributed by atoms with Crippen LogP contribution in [0.1, 0.15) is 12.0 Å². The second-order valence-electron chi connectivity index (χ2n) is 6.13. The minimum Gasteiger partial charge on any atom is -0.408 e. The number of nitrogens with zero attached hydrogens (tertiary/aromatic N) is 2. The Morgan fingerprint density at radius 1 is 1.20 bits per heavy atom. The highest BCUT2D eigenvalue weighted by Crippen LogP contribution is 2.18. The quantitative estimate of drug-likeness (QED) is 0.749. The van der Waals surface area contributed by atoms with E-state index in [1.807, 2.05) is 25.2 Å². The molecule has 0 atom stereocenters. The summed E-state index contributed by atoms with van der Waals surface area (Å²) < 4.78 is 6.56. The molecule has 0 spiro atoms. The number of fused-ring (bicyclic) bond motifs is 1. The number of nitrogens with one attached hydrogen (secondary N) is 1. The molecule has 0 radical (unpaired) electrons. The smallest absolute Gasteiger partial charge is 0.408 e. The molecule has 0 saturated carbocycles. The highest BCUT2D eigenvalue weighted by atomic mass is 16.4. The third kappa shape index (κ3) is 4.16. The Morgan fingerprint density at radius 2 is 1.96 bits per heavy atom. The van der Waals surface area contributed by atoms with E-state index in [1.54, 1.807) is 25.2 Å². The van der Waals surface area contributed by atoms with Gasteiger partial charge in [0.15, 0.2) is 5.58 Å². The third-order valence-electron chi connectivity index (χ3n) is 4.09. The Hall–Kier alpha value is -2.86. The van der Waals surface area contributed by atoms with Gasteiger partial charge in [-0.05, 0) is 24.7 Å². The molecule has 0 aliphatic carbocycles. The lowest BCUT2D eigenvalue weighted by molar-refractivity contribution is -0.116. The number of aryl methyl sites for hydroxylation is 1. The Morgan fingerprint density at radius 3 is 2.72 bits per heavy atom. The van der Waals surface area contributed by atoms with E-state index in [1.165, 1.54) is 10.1 Å². The summed E-state index contributed by atoms with van der Waals surface area (Å²) in [7, 11) is 3.64. The average molecular weight is 339 g/mol. The van der Waals surface area contributed by atoms with Crippen LogP contribution in [0.4, 0.5) is 5.69 Å². The molecule has 0 unspecified atom stereocenters. The van der Waals surface area contributed by atoms with Crippen LogP contribution in [0, 0.1) is 0 Å². The second kappa shape index (κ2) is 7.36. The first-order chi connectivity index (χ1) is 12.0. The Balaban J connectivity index is 1.54. The molecule has 1 amide bonds. The molecule has 1 heterocycles. The Kier molecular flexibility index (Phi) is 5.00. The van der Waals surface area contributed by atoms with Gasteiger partial charge in [-0.25, -0.2) is 4.79 Å². The fourth-order valence-electron chi connectivity index (χ4n) is 2.70. The highest BCUT2D eigenvalue weighted by Gasteiger charge is 2.09. The summed E-state index contributed by atoms with van der Waals surface area (Å²) in [5.41, 5.74) is 3.00. The van der Waals surface area contributed by atoms with Crippen LogP contribution in [0.25, 0.3) is 11.1 Å². The molecule has 6 heteroatoms. The number of oxazole rings is 1. The van der Waals surface area contributed by atoms with E-state index in [9.17, 15) is 9.59 Å². The summed E-state index contributed by atoms with van der Waals surface area (Å²) in [6, 6.07) is 15.3. The molecule has 25 heavy (non-hydrogen) atoms. The van der Waals surface area contributed by atoms with Crippen molar-refractivity contribution >= 4 is 22.7 Å². The molecule has 0 aliphatic rings. The number of aromatic nitrogens is 1. The topological polar surface area (TPSA) is 67.5 Å². The summed E-state index contributed by atoms with van der Waals surface area (Å²) in [6.07, 6.45) is 0.389. The lowest BCUT2D eigenvalue weighted by Gasteiger charge is -2.16. The first-order valence-electron chi connectivity index (χ1n) is 8.15. The van der Waals surface area contributed by atoms with E-state index in [4.69, 9.17) is 4.42 Å². The van der Waals surface area contributed by atoms with E-state index in [2.05, 4.69) is 22.3 Å². The number of benzene rings is 2. The van der Waals surface area contributed by atoms with E-state index in [0.717, 1.165) is 6.54 Å². The molecule has 6 nitrogen and oxygen atoms in total. The molecular weight excluding hydrogens is 318 g/mol. The van der Waals surface area contributed by atoms with Gasteiger partial charge in [-0.2, -0.15) is 0 Å². The molecule has 0 fully saturated rings. The summed E-state index contributed by atoms with van der Waals surface area (Å²) in [4.78, 5) is 25.8. The van der Waals surface area contributed by atoms with E-state index in [-0.39, 0.29) is 5.91 Å². The zero-order valence-corrected chi connectivity index (χ0v) is 14.4. The first kappa shape index (κ1) is 17.0. The fraction of sp³-hybridized carbons (Fsp3) is 0.263. The van der Waals surface area contributed by atoms with Gasteiger partial charge in [-0.1, -0.05) is 30.3 Å². The van der Waals surface area contributed by atoms with Crippen molar-refractivity contribution in [1.82, 2.24) is 9.47 Å². The maximum atomic E-state index is 12.1. The SMILES string of the molecule is CN(CCC(=O)Nc1ccc2c(c1)oc(=O)n2C)Cc1ccccc1. The van der Waals surface area contributed by atoms with Crippen molar-refractivity contribution < 1.29 is 9.21 Å². The van der Waals surface area contributed by atoms with Crippen LogP contribution >= 0.6 is 0 Å². The number of anilines is 1. The van der Waals surface area contributed by atoms with Gasteiger partial charge in [0.2, 0.25) is 5.91 Å². The van der Waals surface area contributed by atoms with Gasteiger partial charge in [0.25, 0.3) is 0 Å². The molecule has 130 valence electrons. The minimum atomic E-state index is -0.416. The average Bonchev–Trinajstić information content (AvgIpc) is 2.88. The van der Waals surface area contributed by atoms with E-state index in [0.29, 0.717) is 29.8 Å². The zero-order valence-electron chi connectivity index (χ0n) is 14.4. The third-order valence-corrected chi connectivity index (χ3v) is 4.09. The molecule has 0 bridgehead atoms. The van der Waals surface area contributed by atoms with Crippen molar-refractivity contribution in [3.8, 4) is 0 Å². The number of carbonyl (C=O) groups excluding carboxylic acids is 1. The lowest BCUT2D eigenvalue weighted by Crippen LogP contribution is -2.24. The van der Waals surface area contributed by atoms with E-state index < -0.39 is 5.76 Å². The van der Waals surface area contributed by atoms with Crippen LogP contribution in [0.3, 0.4) is 0 Å². The van der Waals surface area contributed by atoms with Gasteiger partial charge in [-0.3, -0.25) is 9.36 Å². The second-order valence-corrected chi connectivity index (χ2v) is 6.13. The van der Waals surface area contributed by atoms with Gasteiger partial charge in [0, 0.05) is 38.3 Å². The molecule has 3 aromatic rings. The standard InChI is InChI=1S/C19H21N3O3/c1-21(13-14-6-4-3-5-7-14)11-10-18(23)20-15-8-9-16-17(12-15)25-19(24)22(16)2/h3-9,12H,10-11,13H2,1-2H3,(H,20,23).